The molecule has 0 fully saturated rings. The van der Waals surface area contributed by atoms with Crippen LogP contribution in [0.15, 0.2) is 85.1 Å². The van der Waals surface area contributed by atoms with E-state index in [-0.39, 0.29) is 31.1 Å². The van der Waals surface area contributed by atoms with Gasteiger partial charge in [0.25, 0.3) is 0 Å². The number of esters is 3. The lowest BCUT2D eigenvalue weighted by Crippen LogP contribution is -2.30. The number of ether oxygens (including phenoxy) is 3. The molecule has 1 atom stereocenters. The van der Waals surface area contributed by atoms with Crippen molar-refractivity contribution in [2.24, 2.45) is 0 Å². The molecule has 0 aliphatic carbocycles. The predicted octanol–water partition coefficient (Wildman–Crippen LogP) is 15.3. The molecule has 0 saturated heterocycles. The van der Waals surface area contributed by atoms with E-state index in [1.165, 1.54) is 38.5 Å². The molecule has 0 aliphatic heterocycles. The Morgan fingerprint density at radius 1 is 0.379 bits per heavy atom. The van der Waals surface area contributed by atoms with E-state index in [2.05, 4.69) is 99.8 Å². The minimum Gasteiger partial charge on any atom is -0.462 e. The molecule has 330 valence electrons. The topological polar surface area (TPSA) is 78.9 Å². The number of unbranched alkanes of at least 4 members (excludes halogenated alkanes) is 18. The highest BCUT2D eigenvalue weighted by atomic mass is 16.6. The Morgan fingerprint density at radius 3 is 1.28 bits per heavy atom. The van der Waals surface area contributed by atoms with Crippen LogP contribution in [0.2, 0.25) is 0 Å². The van der Waals surface area contributed by atoms with Crippen LogP contribution in [0.5, 0.6) is 0 Å². The molecule has 0 radical (unpaired) electrons. The van der Waals surface area contributed by atoms with Gasteiger partial charge in [0.15, 0.2) is 6.10 Å². The maximum Gasteiger partial charge on any atom is 0.306 e. The second-order valence-electron chi connectivity index (χ2n) is 15.3. The number of allylic oxidation sites excluding steroid dienone is 14. The van der Waals surface area contributed by atoms with Gasteiger partial charge in [0, 0.05) is 19.3 Å². The van der Waals surface area contributed by atoms with Crippen molar-refractivity contribution in [1.82, 2.24) is 0 Å². The smallest absolute Gasteiger partial charge is 0.306 e. The number of rotatable bonds is 41. The van der Waals surface area contributed by atoms with Crippen molar-refractivity contribution in [3.8, 4) is 0 Å². The lowest BCUT2D eigenvalue weighted by atomic mass is 10.1. The third-order valence-corrected chi connectivity index (χ3v) is 9.68. The SMILES string of the molecule is CC\C=C/C=C\C=C/CCCCCCCC(=O)OC(COC(=O)CCCCC/C=C\CCCCCCCC)COC(=O)CCCCCC/C=C\C/C=C\C/C=C\CC. The summed E-state index contributed by atoms with van der Waals surface area (Å²) in [4.78, 5) is 37.8. The summed E-state index contributed by atoms with van der Waals surface area (Å²) in [6.45, 7) is 6.31. The zero-order valence-electron chi connectivity index (χ0n) is 37.5. The molecule has 6 nitrogen and oxygen atoms in total. The largest absolute Gasteiger partial charge is 0.462 e. The van der Waals surface area contributed by atoms with Gasteiger partial charge in [-0.1, -0.05) is 176 Å². The first-order valence-electron chi connectivity index (χ1n) is 23.6. The van der Waals surface area contributed by atoms with E-state index in [1.54, 1.807) is 0 Å². The third-order valence-electron chi connectivity index (χ3n) is 9.68. The molecule has 0 aromatic rings. The fourth-order valence-corrected chi connectivity index (χ4v) is 6.15. The van der Waals surface area contributed by atoms with Crippen LogP contribution in [0, 0.1) is 0 Å². The second-order valence-corrected chi connectivity index (χ2v) is 15.3. The monoisotopic (exact) mass is 807 g/mol. The molecule has 0 aromatic heterocycles. The highest BCUT2D eigenvalue weighted by molar-refractivity contribution is 5.71. The molecule has 0 aliphatic rings. The fraction of sp³-hybridized carbons (Fsp3) is 0.673. The van der Waals surface area contributed by atoms with Gasteiger partial charge in [0.1, 0.15) is 13.2 Å². The number of carbonyl (C=O) groups is 3. The summed E-state index contributed by atoms with van der Waals surface area (Å²) < 4.78 is 16.7. The fourth-order valence-electron chi connectivity index (χ4n) is 6.15. The predicted molar refractivity (Wildman–Crippen MR) is 247 cm³/mol. The standard InChI is InChI=1S/C52H86O6/c1-4-7-10-13-16-19-22-25-28-30-33-36-39-42-45-51(54)57-48-49(58-52(55)46-43-40-37-34-31-27-24-21-18-15-12-9-6-3)47-56-50(53)44-41-38-35-32-29-26-23-20-17-14-11-8-5-2/h7,9-10,12,15-16,18-19,21,24-26,28-29,49H,4-6,8,11,13-14,17,20,22-23,27,30-48H2,1-3H3/b10-7-,12-9-,18-15-,19-16-,24-21-,28-25-,29-26-. The molecule has 1 unspecified atom stereocenters. The number of hydrogen-bond acceptors (Lipinski definition) is 6. The molecule has 0 spiro atoms. The van der Waals surface area contributed by atoms with Crippen molar-refractivity contribution < 1.29 is 28.6 Å². The molecular formula is C52H86O6. The molecule has 58 heavy (non-hydrogen) atoms. The second kappa shape index (κ2) is 46.3. The summed E-state index contributed by atoms with van der Waals surface area (Å²) in [7, 11) is 0. The van der Waals surface area contributed by atoms with E-state index in [0.29, 0.717) is 19.3 Å². The van der Waals surface area contributed by atoms with E-state index in [0.717, 1.165) is 128 Å². The van der Waals surface area contributed by atoms with E-state index < -0.39 is 6.10 Å². The van der Waals surface area contributed by atoms with Crippen LogP contribution >= 0.6 is 0 Å². The van der Waals surface area contributed by atoms with Gasteiger partial charge in [0.05, 0.1) is 0 Å². The average molecular weight is 807 g/mol. The van der Waals surface area contributed by atoms with Gasteiger partial charge in [-0.2, -0.15) is 0 Å². The summed E-state index contributed by atoms with van der Waals surface area (Å²) in [5.74, 6) is -0.966. The van der Waals surface area contributed by atoms with Crippen molar-refractivity contribution in [3.63, 3.8) is 0 Å². The highest BCUT2D eigenvalue weighted by Crippen LogP contribution is 2.13. The first-order chi connectivity index (χ1) is 28.5. The van der Waals surface area contributed by atoms with Gasteiger partial charge in [0.2, 0.25) is 0 Å². The molecule has 0 saturated carbocycles. The summed E-state index contributed by atoms with van der Waals surface area (Å²) in [5.41, 5.74) is 0. The van der Waals surface area contributed by atoms with Gasteiger partial charge in [-0.05, 0) is 96.3 Å². The quantitative estimate of drug-likeness (QED) is 0.0201. The van der Waals surface area contributed by atoms with Gasteiger partial charge in [-0.15, -0.1) is 0 Å². The van der Waals surface area contributed by atoms with Crippen molar-refractivity contribution in [2.75, 3.05) is 13.2 Å². The van der Waals surface area contributed by atoms with Crippen LogP contribution in [0.4, 0.5) is 0 Å². The molecule has 0 amide bonds. The van der Waals surface area contributed by atoms with Crippen LogP contribution < -0.4 is 0 Å². The van der Waals surface area contributed by atoms with Crippen LogP contribution in [-0.4, -0.2) is 37.2 Å². The zero-order valence-corrected chi connectivity index (χ0v) is 37.5. The minimum atomic E-state index is -0.801. The lowest BCUT2D eigenvalue weighted by Gasteiger charge is -2.18. The average Bonchev–Trinajstić information content (AvgIpc) is 3.22. The number of carbonyl (C=O) groups excluding carboxylic acids is 3. The Hall–Kier alpha value is -3.41. The summed E-state index contributed by atoms with van der Waals surface area (Å²) in [6.07, 6.45) is 58.5. The van der Waals surface area contributed by atoms with Crippen molar-refractivity contribution in [3.05, 3.63) is 85.1 Å². The summed E-state index contributed by atoms with van der Waals surface area (Å²) >= 11 is 0. The normalized spacial score (nSPS) is 12.8. The first kappa shape index (κ1) is 54.6. The van der Waals surface area contributed by atoms with E-state index >= 15 is 0 Å². The van der Waals surface area contributed by atoms with Gasteiger partial charge < -0.3 is 14.2 Å². The minimum absolute atomic E-state index is 0.101. The molecule has 0 heterocycles. The Morgan fingerprint density at radius 2 is 0.759 bits per heavy atom. The highest BCUT2D eigenvalue weighted by Gasteiger charge is 2.19. The van der Waals surface area contributed by atoms with Gasteiger partial charge in [-0.25, -0.2) is 0 Å². The Labute approximate surface area is 356 Å². The third kappa shape index (κ3) is 43.7. The maximum absolute atomic E-state index is 12.7. The van der Waals surface area contributed by atoms with Gasteiger partial charge >= 0.3 is 17.9 Å². The molecular weight excluding hydrogens is 721 g/mol. The van der Waals surface area contributed by atoms with Crippen LogP contribution in [-0.2, 0) is 28.6 Å². The number of hydrogen-bond donors (Lipinski definition) is 0. The van der Waals surface area contributed by atoms with Crippen LogP contribution in [0.3, 0.4) is 0 Å². The molecule has 0 rings (SSSR count). The summed E-state index contributed by atoms with van der Waals surface area (Å²) in [6, 6.07) is 0. The Balaban J connectivity index is 4.48. The first-order valence-corrected chi connectivity index (χ1v) is 23.6. The summed E-state index contributed by atoms with van der Waals surface area (Å²) in [5, 5.41) is 0. The van der Waals surface area contributed by atoms with Crippen molar-refractivity contribution in [2.45, 2.75) is 213 Å². The van der Waals surface area contributed by atoms with Crippen LogP contribution in [0.25, 0.3) is 0 Å². The van der Waals surface area contributed by atoms with E-state index in [4.69, 9.17) is 14.2 Å². The van der Waals surface area contributed by atoms with E-state index in [9.17, 15) is 14.4 Å². The van der Waals surface area contributed by atoms with Crippen LogP contribution in [0.1, 0.15) is 207 Å². The molecule has 6 heteroatoms. The van der Waals surface area contributed by atoms with Gasteiger partial charge in [-0.3, -0.25) is 14.4 Å². The Kier molecular flexibility index (Phi) is 43.6. The molecule has 0 bridgehead atoms. The maximum atomic E-state index is 12.7. The molecule has 0 aromatic carbocycles. The Bertz CT molecular complexity index is 1160. The molecule has 0 N–H and O–H groups in total. The van der Waals surface area contributed by atoms with E-state index in [1.807, 2.05) is 6.08 Å². The van der Waals surface area contributed by atoms with Crippen molar-refractivity contribution in [1.29, 1.82) is 0 Å². The lowest BCUT2D eigenvalue weighted by molar-refractivity contribution is -0.167. The van der Waals surface area contributed by atoms with Crippen molar-refractivity contribution >= 4 is 17.9 Å². The zero-order chi connectivity index (χ0) is 42.3.